The fourth-order valence-corrected chi connectivity index (χ4v) is 2.39. The van der Waals surface area contributed by atoms with E-state index in [1.165, 1.54) is 0 Å². The minimum atomic E-state index is -0.164. The molecule has 2 aromatic carbocycles. The van der Waals surface area contributed by atoms with E-state index in [0.29, 0.717) is 16.7 Å². The number of carbonyl (C=O) groups excluding carboxylic acids is 1. The van der Waals surface area contributed by atoms with Gasteiger partial charge in [-0.3, -0.25) is 4.79 Å². The van der Waals surface area contributed by atoms with Gasteiger partial charge in [-0.05, 0) is 54.1 Å². The van der Waals surface area contributed by atoms with Crippen LogP contribution in [0.1, 0.15) is 5.56 Å². The second kappa shape index (κ2) is 8.31. The van der Waals surface area contributed by atoms with Gasteiger partial charge < -0.3 is 15.4 Å². The van der Waals surface area contributed by atoms with Gasteiger partial charge in [-0.1, -0.05) is 23.7 Å². The Morgan fingerprint density at radius 1 is 0.962 bits per heavy atom. The van der Waals surface area contributed by atoms with Crippen molar-refractivity contribution in [2.45, 2.75) is 6.42 Å². The molecular formula is C19H17ClN4O2. The van der Waals surface area contributed by atoms with E-state index < -0.39 is 0 Å². The summed E-state index contributed by atoms with van der Waals surface area (Å²) in [5.41, 5.74) is 1.73. The average Bonchev–Trinajstić information content (AvgIpc) is 2.66. The zero-order valence-corrected chi connectivity index (χ0v) is 14.8. The third-order valence-electron chi connectivity index (χ3n) is 3.57. The molecule has 0 saturated heterocycles. The van der Waals surface area contributed by atoms with Gasteiger partial charge in [0.1, 0.15) is 5.75 Å². The van der Waals surface area contributed by atoms with Crippen molar-refractivity contribution in [1.29, 1.82) is 0 Å². The lowest BCUT2D eigenvalue weighted by Gasteiger charge is -2.07. The number of rotatable bonds is 6. The zero-order valence-electron chi connectivity index (χ0n) is 14.1. The van der Waals surface area contributed by atoms with Crippen LogP contribution in [0.4, 0.5) is 17.3 Å². The molecule has 2 N–H and O–H groups in total. The van der Waals surface area contributed by atoms with Gasteiger partial charge in [0, 0.05) is 10.7 Å². The van der Waals surface area contributed by atoms with Crippen molar-refractivity contribution in [3.05, 3.63) is 71.2 Å². The van der Waals surface area contributed by atoms with Gasteiger partial charge in [0.15, 0.2) is 11.6 Å². The molecule has 1 aromatic heterocycles. The standard InChI is InChI=1S/C19H17ClN4O2/c1-26-16-8-2-13(3-9-16)12-19(25)22-18-11-10-17(23-24-18)21-15-6-4-14(20)5-7-15/h2-11H,12H2,1H3,(H,21,23)(H,22,24,25). The highest BCUT2D eigenvalue weighted by Crippen LogP contribution is 2.18. The Balaban J connectivity index is 1.56. The topological polar surface area (TPSA) is 76.1 Å². The number of anilines is 3. The van der Waals surface area contributed by atoms with Crippen LogP contribution >= 0.6 is 11.6 Å². The first-order valence-electron chi connectivity index (χ1n) is 7.91. The van der Waals surface area contributed by atoms with Gasteiger partial charge in [0.05, 0.1) is 13.5 Å². The minimum Gasteiger partial charge on any atom is -0.497 e. The molecule has 0 fully saturated rings. The van der Waals surface area contributed by atoms with Crippen molar-refractivity contribution in [1.82, 2.24) is 10.2 Å². The SMILES string of the molecule is COc1ccc(CC(=O)Nc2ccc(Nc3ccc(Cl)cc3)nn2)cc1. The number of nitrogens with one attached hydrogen (secondary N) is 2. The summed E-state index contributed by atoms with van der Waals surface area (Å²) in [7, 11) is 1.60. The number of halogens is 1. The number of hydrogen-bond donors (Lipinski definition) is 2. The molecule has 0 aliphatic carbocycles. The van der Waals surface area contributed by atoms with Gasteiger partial charge in [0.25, 0.3) is 0 Å². The van der Waals surface area contributed by atoms with Crippen LogP contribution in [0.25, 0.3) is 0 Å². The van der Waals surface area contributed by atoms with E-state index >= 15 is 0 Å². The van der Waals surface area contributed by atoms with Crippen LogP contribution in [0, 0.1) is 0 Å². The minimum absolute atomic E-state index is 0.164. The van der Waals surface area contributed by atoms with E-state index in [1.54, 1.807) is 31.4 Å². The van der Waals surface area contributed by atoms with Gasteiger partial charge in [-0.15, -0.1) is 10.2 Å². The largest absolute Gasteiger partial charge is 0.497 e. The molecule has 1 amide bonds. The molecule has 0 unspecified atom stereocenters. The number of benzene rings is 2. The van der Waals surface area contributed by atoms with Crippen molar-refractivity contribution in [2.75, 3.05) is 17.7 Å². The fourth-order valence-electron chi connectivity index (χ4n) is 2.26. The first-order valence-corrected chi connectivity index (χ1v) is 8.29. The summed E-state index contributed by atoms with van der Waals surface area (Å²) in [6.45, 7) is 0. The summed E-state index contributed by atoms with van der Waals surface area (Å²) in [5.74, 6) is 1.55. The number of carbonyl (C=O) groups is 1. The lowest BCUT2D eigenvalue weighted by molar-refractivity contribution is -0.115. The van der Waals surface area contributed by atoms with Crippen molar-refractivity contribution in [2.24, 2.45) is 0 Å². The Morgan fingerprint density at radius 2 is 1.62 bits per heavy atom. The van der Waals surface area contributed by atoms with E-state index in [1.807, 2.05) is 36.4 Å². The van der Waals surface area contributed by atoms with Crippen LogP contribution in [0.5, 0.6) is 5.75 Å². The average molecular weight is 369 g/mol. The van der Waals surface area contributed by atoms with Crippen LogP contribution in [0.2, 0.25) is 5.02 Å². The molecule has 132 valence electrons. The molecule has 1 heterocycles. The molecule has 6 nitrogen and oxygen atoms in total. The summed E-state index contributed by atoms with van der Waals surface area (Å²) < 4.78 is 5.10. The fraction of sp³-hybridized carbons (Fsp3) is 0.105. The lowest BCUT2D eigenvalue weighted by atomic mass is 10.1. The van der Waals surface area contributed by atoms with E-state index in [9.17, 15) is 4.79 Å². The summed E-state index contributed by atoms with van der Waals surface area (Å²) in [4.78, 5) is 12.1. The lowest BCUT2D eigenvalue weighted by Crippen LogP contribution is -2.15. The van der Waals surface area contributed by atoms with Gasteiger partial charge in [-0.25, -0.2) is 0 Å². The molecule has 0 aliphatic heterocycles. The van der Waals surface area contributed by atoms with E-state index in [4.69, 9.17) is 16.3 Å². The Hall–Kier alpha value is -3.12. The zero-order chi connectivity index (χ0) is 18.4. The molecule has 0 saturated carbocycles. The number of aromatic nitrogens is 2. The Kier molecular flexibility index (Phi) is 5.66. The Labute approximate surface area is 156 Å². The maximum atomic E-state index is 12.1. The number of amides is 1. The van der Waals surface area contributed by atoms with Gasteiger partial charge in [-0.2, -0.15) is 0 Å². The van der Waals surface area contributed by atoms with Gasteiger partial charge in [0.2, 0.25) is 5.91 Å². The first kappa shape index (κ1) is 17.7. The highest BCUT2D eigenvalue weighted by Gasteiger charge is 2.06. The first-order chi connectivity index (χ1) is 12.6. The van der Waals surface area contributed by atoms with Crippen molar-refractivity contribution in [3.8, 4) is 5.75 Å². The molecule has 3 aromatic rings. The highest BCUT2D eigenvalue weighted by molar-refractivity contribution is 6.30. The Morgan fingerprint density at radius 3 is 2.23 bits per heavy atom. The van der Waals surface area contributed by atoms with Crippen LogP contribution < -0.4 is 15.4 Å². The summed E-state index contributed by atoms with van der Waals surface area (Å²) in [6.07, 6.45) is 0.246. The van der Waals surface area contributed by atoms with Crippen LogP contribution in [-0.4, -0.2) is 23.2 Å². The quantitative estimate of drug-likeness (QED) is 0.686. The molecule has 0 radical (unpaired) electrons. The monoisotopic (exact) mass is 368 g/mol. The summed E-state index contributed by atoms with van der Waals surface area (Å²) in [5, 5.41) is 14.6. The third kappa shape index (κ3) is 4.94. The molecule has 0 bridgehead atoms. The molecule has 26 heavy (non-hydrogen) atoms. The third-order valence-corrected chi connectivity index (χ3v) is 3.82. The predicted octanol–water partition coefficient (Wildman–Crippen LogP) is 4.06. The molecule has 3 rings (SSSR count). The number of methoxy groups -OCH3 is 1. The predicted molar refractivity (Wildman–Crippen MR) is 102 cm³/mol. The molecule has 0 atom stereocenters. The number of ether oxygens (including phenoxy) is 1. The molecular weight excluding hydrogens is 352 g/mol. The number of hydrogen-bond acceptors (Lipinski definition) is 5. The summed E-state index contributed by atoms with van der Waals surface area (Å²) in [6, 6.07) is 18.0. The van der Waals surface area contributed by atoms with Crippen molar-refractivity contribution >= 4 is 34.8 Å². The van der Waals surface area contributed by atoms with Crippen LogP contribution in [0.3, 0.4) is 0 Å². The van der Waals surface area contributed by atoms with Gasteiger partial charge >= 0.3 is 0 Å². The van der Waals surface area contributed by atoms with Crippen molar-refractivity contribution < 1.29 is 9.53 Å². The molecule has 7 heteroatoms. The maximum Gasteiger partial charge on any atom is 0.229 e. The van der Waals surface area contributed by atoms with Crippen LogP contribution in [0.15, 0.2) is 60.7 Å². The molecule has 0 spiro atoms. The van der Waals surface area contributed by atoms with E-state index in [0.717, 1.165) is 17.0 Å². The Bertz CT molecular complexity index is 866. The van der Waals surface area contributed by atoms with E-state index in [2.05, 4.69) is 20.8 Å². The van der Waals surface area contributed by atoms with Crippen molar-refractivity contribution in [3.63, 3.8) is 0 Å². The number of nitrogens with zero attached hydrogens (tertiary/aromatic N) is 2. The second-order valence-electron chi connectivity index (χ2n) is 5.51. The summed E-state index contributed by atoms with van der Waals surface area (Å²) >= 11 is 5.85. The van der Waals surface area contributed by atoms with E-state index in [-0.39, 0.29) is 12.3 Å². The normalized spacial score (nSPS) is 10.2. The molecule has 0 aliphatic rings. The smallest absolute Gasteiger partial charge is 0.229 e. The second-order valence-corrected chi connectivity index (χ2v) is 5.95. The highest BCUT2D eigenvalue weighted by atomic mass is 35.5. The van der Waals surface area contributed by atoms with Crippen LogP contribution in [-0.2, 0) is 11.2 Å². The maximum absolute atomic E-state index is 12.1.